The highest BCUT2D eigenvalue weighted by Gasteiger charge is 2.33. The average Bonchev–Trinajstić information content (AvgIpc) is 3.07. The van der Waals surface area contributed by atoms with Crippen LogP contribution in [0.4, 0.5) is 29.8 Å². The zero-order valence-corrected chi connectivity index (χ0v) is 17.6. The van der Waals surface area contributed by atoms with Crippen molar-refractivity contribution in [3.8, 4) is 11.4 Å². The molecule has 0 bridgehead atoms. The SMILES string of the molecule is Nc1nc(-c2ccc(C(F)(F)F)c(Cl)c2)nc2sc(Nc3c(Cl)cccc3Cl)nc12. The molecule has 0 radical (unpaired) electrons. The lowest BCUT2D eigenvalue weighted by molar-refractivity contribution is -0.137. The summed E-state index contributed by atoms with van der Waals surface area (Å²) in [4.78, 5) is 13.3. The molecule has 0 fully saturated rings. The number of nitrogen functional groups attached to an aromatic ring is 1. The third-order valence-corrected chi connectivity index (χ3v) is 5.82. The number of hydrogen-bond acceptors (Lipinski definition) is 6. The van der Waals surface area contributed by atoms with Gasteiger partial charge in [0, 0.05) is 5.56 Å². The van der Waals surface area contributed by atoms with Gasteiger partial charge in [-0.05, 0) is 24.3 Å². The summed E-state index contributed by atoms with van der Waals surface area (Å²) in [5.41, 5.74) is 6.16. The second-order valence-electron chi connectivity index (χ2n) is 6.02. The monoisotopic (exact) mass is 489 g/mol. The summed E-state index contributed by atoms with van der Waals surface area (Å²) in [6.45, 7) is 0. The fourth-order valence-corrected chi connectivity index (χ4v) is 4.27. The van der Waals surface area contributed by atoms with Crippen LogP contribution in [0.1, 0.15) is 5.56 Å². The van der Waals surface area contributed by atoms with E-state index in [2.05, 4.69) is 20.3 Å². The number of nitrogens with one attached hydrogen (secondary N) is 1. The first-order valence-electron chi connectivity index (χ1n) is 8.15. The summed E-state index contributed by atoms with van der Waals surface area (Å²) in [6, 6.07) is 8.31. The van der Waals surface area contributed by atoms with Crippen molar-refractivity contribution in [1.29, 1.82) is 0 Å². The Morgan fingerprint density at radius 1 is 0.933 bits per heavy atom. The van der Waals surface area contributed by atoms with Gasteiger partial charge in [0.1, 0.15) is 5.52 Å². The largest absolute Gasteiger partial charge is 0.417 e. The van der Waals surface area contributed by atoms with Crippen LogP contribution in [-0.2, 0) is 6.18 Å². The molecule has 4 rings (SSSR count). The lowest BCUT2D eigenvalue weighted by Crippen LogP contribution is -2.06. The maximum Gasteiger partial charge on any atom is 0.417 e. The summed E-state index contributed by atoms with van der Waals surface area (Å²) in [6.07, 6.45) is -4.56. The van der Waals surface area contributed by atoms with E-state index in [1.54, 1.807) is 18.2 Å². The molecule has 3 N–H and O–H groups in total. The fraction of sp³-hybridized carbons (Fsp3) is 0.0556. The Labute approximate surface area is 186 Å². The molecule has 154 valence electrons. The van der Waals surface area contributed by atoms with Crippen molar-refractivity contribution in [2.75, 3.05) is 11.1 Å². The van der Waals surface area contributed by atoms with Gasteiger partial charge in [0.05, 0.1) is 26.3 Å². The summed E-state index contributed by atoms with van der Waals surface area (Å²) < 4.78 is 38.8. The van der Waals surface area contributed by atoms with Crippen molar-refractivity contribution in [3.05, 3.63) is 57.0 Å². The number of fused-ring (bicyclic) bond motifs is 1. The van der Waals surface area contributed by atoms with Gasteiger partial charge in [-0.3, -0.25) is 0 Å². The van der Waals surface area contributed by atoms with Gasteiger partial charge in [-0.1, -0.05) is 58.3 Å². The second kappa shape index (κ2) is 7.73. The van der Waals surface area contributed by atoms with E-state index >= 15 is 0 Å². The minimum atomic E-state index is -4.56. The number of para-hydroxylation sites is 1. The summed E-state index contributed by atoms with van der Waals surface area (Å²) in [7, 11) is 0. The van der Waals surface area contributed by atoms with Gasteiger partial charge in [-0.25, -0.2) is 15.0 Å². The highest BCUT2D eigenvalue weighted by atomic mass is 35.5. The van der Waals surface area contributed by atoms with Crippen LogP contribution >= 0.6 is 46.1 Å². The molecule has 0 saturated heterocycles. The molecule has 0 spiro atoms. The summed E-state index contributed by atoms with van der Waals surface area (Å²) in [5.74, 6) is 0.196. The van der Waals surface area contributed by atoms with E-state index in [-0.39, 0.29) is 11.6 Å². The summed E-state index contributed by atoms with van der Waals surface area (Å²) >= 11 is 19.3. The van der Waals surface area contributed by atoms with Crippen molar-refractivity contribution in [3.63, 3.8) is 0 Å². The van der Waals surface area contributed by atoms with Crippen molar-refractivity contribution in [2.24, 2.45) is 0 Å². The Hall–Kier alpha value is -2.33. The molecule has 0 unspecified atom stereocenters. The number of halogens is 6. The first kappa shape index (κ1) is 20.9. The molecule has 0 saturated carbocycles. The van der Waals surface area contributed by atoms with E-state index in [0.717, 1.165) is 23.5 Å². The minimum absolute atomic E-state index is 0.0700. The van der Waals surface area contributed by atoms with Crippen molar-refractivity contribution >= 4 is 73.1 Å². The number of alkyl halides is 3. The predicted molar refractivity (Wildman–Crippen MR) is 115 cm³/mol. The van der Waals surface area contributed by atoms with Gasteiger partial charge in [0.25, 0.3) is 0 Å². The third-order valence-electron chi connectivity index (χ3n) is 4.01. The molecule has 0 aliphatic rings. The molecule has 0 amide bonds. The van der Waals surface area contributed by atoms with Crippen LogP contribution in [0, 0.1) is 0 Å². The molecule has 0 aliphatic heterocycles. The van der Waals surface area contributed by atoms with Gasteiger partial charge >= 0.3 is 6.18 Å². The molecule has 4 aromatic rings. The van der Waals surface area contributed by atoms with Gasteiger partial charge in [-0.15, -0.1) is 0 Å². The zero-order valence-electron chi connectivity index (χ0n) is 14.6. The number of anilines is 3. The van der Waals surface area contributed by atoms with Crippen LogP contribution in [0.15, 0.2) is 36.4 Å². The number of hydrogen-bond donors (Lipinski definition) is 2. The molecule has 30 heavy (non-hydrogen) atoms. The number of rotatable bonds is 3. The van der Waals surface area contributed by atoms with Crippen molar-refractivity contribution in [1.82, 2.24) is 15.0 Å². The number of aromatic nitrogens is 3. The van der Waals surface area contributed by atoms with E-state index in [9.17, 15) is 13.2 Å². The Balaban J connectivity index is 1.73. The maximum atomic E-state index is 12.9. The van der Waals surface area contributed by atoms with E-state index in [1.165, 1.54) is 6.07 Å². The molecule has 12 heteroatoms. The predicted octanol–water partition coefficient (Wildman–Crippen LogP) is 7.06. The first-order chi connectivity index (χ1) is 14.1. The van der Waals surface area contributed by atoms with Gasteiger partial charge in [0.15, 0.2) is 21.6 Å². The van der Waals surface area contributed by atoms with Crippen LogP contribution in [0.5, 0.6) is 0 Å². The standard InChI is InChI=1S/C18H9Cl3F3N5S/c19-9-2-1-3-10(20)12(9)26-17-27-13-14(25)28-15(29-16(13)30-17)7-4-5-8(11(21)6-7)18(22,23)24/h1-6H,(H,26,27)(H2,25,28,29). The topological polar surface area (TPSA) is 76.7 Å². The van der Waals surface area contributed by atoms with E-state index < -0.39 is 16.8 Å². The van der Waals surface area contributed by atoms with Crippen LogP contribution in [0.25, 0.3) is 21.7 Å². The van der Waals surface area contributed by atoms with E-state index in [0.29, 0.717) is 36.8 Å². The Morgan fingerprint density at radius 3 is 2.27 bits per heavy atom. The molecule has 2 heterocycles. The van der Waals surface area contributed by atoms with Gasteiger partial charge < -0.3 is 11.1 Å². The Morgan fingerprint density at radius 2 is 1.63 bits per heavy atom. The van der Waals surface area contributed by atoms with Crippen LogP contribution < -0.4 is 11.1 Å². The minimum Gasteiger partial charge on any atom is -0.382 e. The molecular weight excluding hydrogens is 482 g/mol. The third kappa shape index (κ3) is 3.98. The maximum absolute atomic E-state index is 12.9. The molecule has 0 aliphatic carbocycles. The molecule has 0 atom stereocenters. The quantitative estimate of drug-likeness (QED) is 0.321. The van der Waals surface area contributed by atoms with Gasteiger partial charge in [-0.2, -0.15) is 13.2 Å². The molecular formula is C18H9Cl3F3N5S. The number of thiazole rings is 1. The average molecular weight is 491 g/mol. The fourth-order valence-electron chi connectivity index (χ4n) is 2.63. The number of nitrogens with two attached hydrogens (primary N) is 1. The molecule has 5 nitrogen and oxygen atoms in total. The highest BCUT2D eigenvalue weighted by Crippen LogP contribution is 2.38. The lowest BCUT2D eigenvalue weighted by atomic mass is 10.1. The molecule has 2 aromatic carbocycles. The second-order valence-corrected chi connectivity index (χ2v) is 8.22. The van der Waals surface area contributed by atoms with Crippen molar-refractivity contribution in [2.45, 2.75) is 6.18 Å². The smallest absolute Gasteiger partial charge is 0.382 e. The summed E-state index contributed by atoms with van der Waals surface area (Å²) in [5, 5.41) is 3.79. The lowest BCUT2D eigenvalue weighted by Gasteiger charge is -2.10. The Bertz CT molecular complexity index is 1260. The number of benzene rings is 2. The van der Waals surface area contributed by atoms with Crippen LogP contribution in [-0.4, -0.2) is 15.0 Å². The van der Waals surface area contributed by atoms with Crippen molar-refractivity contribution < 1.29 is 13.2 Å². The Kier molecular flexibility index (Phi) is 5.39. The highest BCUT2D eigenvalue weighted by molar-refractivity contribution is 7.22. The van der Waals surface area contributed by atoms with E-state index in [1.807, 2.05) is 0 Å². The molecule has 2 aromatic heterocycles. The normalized spacial score (nSPS) is 11.8. The van der Waals surface area contributed by atoms with E-state index in [4.69, 9.17) is 40.5 Å². The number of nitrogens with zero attached hydrogens (tertiary/aromatic N) is 3. The van der Waals surface area contributed by atoms with Crippen LogP contribution in [0.3, 0.4) is 0 Å². The first-order valence-corrected chi connectivity index (χ1v) is 10.1. The van der Waals surface area contributed by atoms with Crippen LogP contribution in [0.2, 0.25) is 15.1 Å². The van der Waals surface area contributed by atoms with Gasteiger partial charge in [0.2, 0.25) is 0 Å². The zero-order chi connectivity index (χ0) is 21.6.